The first-order chi connectivity index (χ1) is 10.1. The molecule has 9 heteroatoms. The van der Waals surface area contributed by atoms with Crippen LogP contribution in [0.25, 0.3) is 0 Å². The predicted octanol–water partition coefficient (Wildman–Crippen LogP) is -0.558. The fourth-order valence-electron chi connectivity index (χ4n) is 1.58. The van der Waals surface area contributed by atoms with E-state index in [1.54, 1.807) is 18.2 Å². The van der Waals surface area contributed by atoms with Crippen molar-refractivity contribution in [3.8, 4) is 0 Å². The maximum absolute atomic E-state index is 11.9. The minimum atomic E-state index is -3.66. The number of nitrogens with zero attached hydrogens (tertiary/aromatic N) is 2. The van der Waals surface area contributed by atoms with Crippen LogP contribution < -0.4 is 10.0 Å². The number of amides is 1. The van der Waals surface area contributed by atoms with Gasteiger partial charge >= 0.3 is 0 Å². The number of rotatable bonds is 7. The summed E-state index contributed by atoms with van der Waals surface area (Å²) < 4.78 is 26.0. The number of hydrogen-bond donors (Lipinski definition) is 3. The summed E-state index contributed by atoms with van der Waals surface area (Å²) in [6, 6.07) is 7.88. The number of hydrogen-bond acceptors (Lipinski definition) is 5. The van der Waals surface area contributed by atoms with Crippen molar-refractivity contribution in [3.05, 3.63) is 42.5 Å². The molecule has 0 fully saturated rings. The van der Waals surface area contributed by atoms with Gasteiger partial charge in [-0.2, -0.15) is 5.10 Å². The van der Waals surface area contributed by atoms with Crippen LogP contribution in [0.1, 0.15) is 5.82 Å². The Morgan fingerprint density at radius 1 is 1.24 bits per heavy atom. The molecular weight excluding hydrogens is 294 g/mol. The molecule has 1 amide bonds. The molecule has 0 aliphatic carbocycles. The normalized spacial score (nSPS) is 11.2. The topological polar surface area (TPSA) is 117 Å². The maximum Gasteiger partial charge on any atom is 0.241 e. The third kappa shape index (κ3) is 4.65. The molecule has 1 aromatic carbocycles. The second kappa shape index (κ2) is 6.95. The van der Waals surface area contributed by atoms with Crippen molar-refractivity contribution in [2.75, 3.05) is 13.1 Å². The van der Waals surface area contributed by atoms with E-state index in [-0.39, 0.29) is 11.4 Å². The van der Waals surface area contributed by atoms with E-state index in [9.17, 15) is 13.2 Å². The third-order valence-corrected chi connectivity index (χ3v) is 4.04. The number of aromatic amines is 1. The van der Waals surface area contributed by atoms with Gasteiger partial charge < -0.3 is 5.32 Å². The van der Waals surface area contributed by atoms with E-state index < -0.39 is 15.9 Å². The van der Waals surface area contributed by atoms with Gasteiger partial charge in [0.25, 0.3) is 0 Å². The van der Waals surface area contributed by atoms with Crippen molar-refractivity contribution in [1.82, 2.24) is 25.2 Å². The van der Waals surface area contributed by atoms with Gasteiger partial charge in [-0.05, 0) is 12.1 Å². The number of carbonyl (C=O) groups excluding carboxylic acids is 1. The molecule has 0 unspecified atom stereocenters. The largest absolute Gasteiger partial charge is 0.355 e. The second-order valence-corrected chi connectivity index (χ2v) is 5.94. The average molecular weight is 309 g/mol. The number of sulfonamides is 1. The summed E-state index contributed by atoms with van der Waals surface area (Å²) in [5, 5.41) is 8.94. The smallest absolute Gasteiger partial charge is 0.241 e. The van der Waals surface area contributed by atoms with Gasteiger partial charge in [-0.15, -0.1) is 0 Å². The van der Waals surface area contributed by atoms with E-state index in [1.165, 1.54) is 18.5 Å². The minimum absolute atomic E-state index is 0.124. The van der Waals surface area contributed by atoms with Crippen molar-refractivity contribution < 1.29 is 13.2 Å². The van der Waals surface area contributed by atoms with Crippen molar-refractivity contribution in [2.24, 2.45) is 0 Å². The third-order valence-electron chi connectivity index (χ3n) is 2.63. The fraction of sp³-hybridized carbons (Fsp3) is 0.250. The number of nitrogens with one attached hydrogen (secondary N) is 3. The summed E-state index contributed by atoms with van der Waals surface area (Å²) in [7, 11) is -3.66. The zero-order valence-corrected chi connectivity index (χ0v) is 11.9. The quantitative estimate of drug-likeness (QED) is 0.634. The maximum atomic E-state index is 11.9. The SMILES string of the molecule is O=C(CNS(=O)(=O)c1ccccc1)NCCc1ncn[nH]1. The predicted molar refractivity (Wildman–Crippen MR) is 74.7 cm³/mol. The van der Waals surface area contributed by atoms with Crippen LogP contribution in [0, 0.1) is 0 Å². The number of carbonyl (C=O) groups is 1. The van der Waals surface area contributed by atoms with E-state index in [2.05, 4.69) is 25.2 Å². The lowest BCUT2D eigenvalue weighted by atomic mass is 10.4. The molecule has 0 bridgehead atoms. The molecule has 8 nitrogen and oxygen atoms in total. The second-order valence-electron chi connectivity index (χ2n) is 4.17. The molecule has 0 spiro atoms. The first-order valence-electron chi connectivity index (χ1n) is 6.23. The van der Waals surface area contributed by atoms with Crippen LogP contribution in [0.4, 0.5) is 0 Å². The van der Waals surface area contributed by atoms with Crippen LogP contribution in [-0.4, -0.2) is 42.6 Å². The highest BCUT2D eigenvalue weighted by molar-refractivity contribution is 7.89. The van der Waals surface area contributed by atoms with Crippen molar-refractivity contribution in [1.29, 1.82) is 0 Å². The van der Waals surface area contributed by atoms with Gasteiger partial charge in [-0.3, -0.25) is 9.89 Å². The van der Waals surface area contributed by atoms with Crippen molar-refractivity contribution in [2.45, 2.75) is 11.3 Å². The molecule has 0 saturated heterocycles. The standard InChI is InChI=1S/C12H15N5O3S/c18-12(13-7-6-11-14-9-15-17-11)8-16-21(19,20)10-4-2-1-3-5-10/h1-5,9,16H,6-8H2,(H,13,18)(H,14,15,17). The summed E-state index contributed by atoms with van der Waals surface area (Å²) >= 11 is 0. The summed E-state index contributed by atoms with van der Waals surface area (Å²) in [5.41, 5.74) is 0. The lowest BCUT2D eigenvalue weighted by molar-refractivity contribution is -0.119. The zero-order valence-electron chi connectivity index (χ0n) is 11.1. The number of aromatic nitrogens is 3. The molecule has 112 valence electrons. The van der Waals surface area contributed by atoms with Crippen LogP contribution in [0.2, 0.25) is 0 Å². The van der Waals surface area contributed by atoms with Crippen molar-refractivity contribution in [3.63, 3.8) is 0 Å². The number of H-pyrrole nitrogens is 1. The fourth-order valence-corrected chi connectivity index (χ4v) is 2.58. The molecule has 0 aliphatic heterocycles. The van der Waals surface area contributed by atoms with Crippen LogP contribution in [0.5, 0.6) is 0 Å². The average Bonchev–Trinajstić information content (AvgIpc) is 2.99. The van der Waals surface area contributed by atoms with Crippen LogP contribution in [0.15, 0.2) is 41.6 Å². The molecule has 0 atom stereocenters. The van der Waals surface area contributed by atoms with Crippen molar-refractivity contribution >= 4 is 15.9 Å². The first-order valence-corrected chi connectivity index (χ1v) is 7.72. The van der Waals surface area contributed by atoms with E-state index in [0.717, 1.165) is 0 Å². The van der Waals surface area contributed by atoms with Crippen LogP contribution in [-0.2, 0) is 21.2 Å². The lowest BCUT2D eigenvalue weighted by Crippen LogP contribution is -2.37. The van der Waals surface area contributed by atoms with Gasteiger partial charge in [0, 0.05) is 13.0 Å². The highest BCUT2D eigenvalue weighted by Gasteiger charge is 2.14. The van der Waals surface area contributed by atoms with Crippen LogP contribution in [0.3, 0.4) is 0 Å². The Morgan fingerprint density at radius 3 is 2.67 bits per heavy atom. The Morgan fingerprint density at radius 2 is 2.00 bits per heavy atom. The summed E-state index contributed by atoms with van der Waals surface area (Å²) in [5.74, 6) is 0.245. The molecule has 2 aromatic rings. The molecule has 1 aromatic heterocycles. The Hall–Kier alpha value is -2.26. The molecule has 0 aliphatic rings. The van der Waals surface area contributed by atoms with Gasteiger partial charge in [0.15, 0.2) is 0 Å². The molecule has 0 radical (unpaired) electrons. The minimum Gasteiger partial charge on any atom is -0.355 e. The van der Waals surface area contributed by atoms with E-state index >= 15 is 0 Å². The lowest BCUT2D eigenvalue weighted by Gasteiger charge is -2.07. The van der Waals surface area contributed by atoms with Gasteiger partial charge in [0.05, 0.1) is 11.4 Å². The number of benzene rings is 1. The van der Waals surface area contributed by atoms with Crippen LogP contribution >= 0.6 is 0 Å². The van der Waals surface area contributed by atoms with E-state index in [0.29, 0.717) is 18.8 Å². The molecule has 2 rings (SSSR count). The Bertz CT molecular complexity index is 670. The molecule has 1 heterocycles. The molecule has 0 saturated carbocycles. The molecule has 3 N–H and O–H groups in total. The molecular formula is C12H15N5O3S. The van der Waals surface area contributed by atoms with Gasteiger partial charge in [-0.1, -0.05) is 18.2 Å². The highest BCUT2D eigenvalue weighted by Crippen LogP contribution is 2.06. The van der Waals surface area contributed by atoms with Gasteiger partial charge in [-0.25, -0.2) is 18.1 Å². The monoisotopic (exact) mass is 309 g/mol. The summed E-state index contributed by atoms with van der Waals surface area (Å²) in [6.45, 7) is 0.0364. The highest BCUT2D eigenvalue weighted by atomic mass is 32.2. The van der Waals surface area contributed by atoms with E-state index in [4.69, 9.17) is 0 Å². The Labute approximate surface area is 122 Å². The summed E-state index contributed by atoms with van der Waals surface area (Å²) in [4.78, 5) is 15.6. The Balaban J connectivity index is 1.76. The zero-order chi connectivity index (χ0) is 15.1. The van der Waals surface area contributed by atoms with Gasteiger partial charge in [0.2, 0.25) is 15.9 Å². The molecule has 21 heavy (non-hydrogen) atoms. The summed E-state index contributed by atoms with van der Waals surface area (Å²) in [6.07, 6.45) is 1.88. The first kappa shape index (κ1) is 15.1. The van der Waals surface area contributed by atoms with Gasteiger partial charge in [0.1, 0.15) is 12.2 Å². The van der Waals surface area contributed by atoms with E-state index in [1.807, 2.05) is 0 Å². The Kier molecular flexibility index (Phi) is 5.01.